The minimum Gasteiger partial charge on any atom is -0.490 e. The molecule has 3 aromatic carbocycles. The van der Waals surface area contributed by atoms with Gasteiger partial charge in [0, 0.05) is 11.1 Å². The number of hydrogen-bond donors (Lipinski definition) is 1. The van der Waals surface area contributed by atoms with Gasteiger partial charge in [-0.05, 0) is 54.7 Å². The maximum Gasteiger partial charge on any atom is 0.333 e. The Hall–Kier alpha value is -3.37. The molecule has 160 valence electrons. The van der Waals surface area contributed by atoms with Gasteiger partial charge in [-0.1, -0.05) is 66.7 Å². The first kappa shape index (κ1) is 22.3. The van der Waals surface area contributed by atoms with Gasteiger partial charge in [-0.3, -0.25) is 0 Å². The van der Waals surface area contributed by atoms with Crippen LogP contribution in [-0.4, -0.2) is 24.3 Å². The molecule has 0 heterocycles. The molecule has 1 N–H and O–H groups in total. The molecule has 0 saturated heterocycles. The van der Waals surface area contributed by atoms with Crippen LogP contribution >= 0.6 is 0 Å². The molecular formula is C27H28O4. The molecule has 0 saturated carbocycles. The lowest BCUT2D eigenvalue weighted by Crippen LogP contribution is -2.13. The van der Waals surface area contributed by atoms with Crippen molar-refractivity contribution in [3.8, 4) is 28.0 Å². The topological polar surface area (TPSA) is 55.8 Å². The monoisotopic (exact) mass is 416 g/mol. The smallest absolute Gasteiger partial charge is 0.333 e. The van der Waals surface area contributed by atoms with Crippen molar-refractivity contribution in [3.63, 3.8) is 0 Å². The molecule has 31 heavy (non-hydrogen) atoms. The summed E-state index contributed by atoms with van der Waals surface area (Å²) in [7, 11) is 0. The Labute approximate surface area is 183 Å². The van der Waals surface area contributed by atoms with E-state index in [4.69, 9.17) is 9.47 Å². The fourth-order valence-corrected chi connectivity index (χ4v) is 3.31. The van der Waals surface area contributed by atoms with Crippen LogP contribution in [0.4, 0.5) is 0 Å². The summed E-state index contributed by atoms with van der Waals surface area (Å²) < 4.78 is 10.9. The second-order valence-electron chi connectivity index (χ2n) is 7.64. The fraction of sp³-hybridized carbons (Fsp3) is 0.222. The molecule has 0 fully saturated rings. The predicted octanol–water partition coefficient (Wildman–Crippen LogP) is 5.63. The molecule has 0 unspecified atom stereocenters. The molecular weight excluding hydrogens is 388 g/mol. The summed E-state index contributed by atoms with van der Waals surface area (Å²) in [5.74, 6) is 0.136. The van der Waals surface area contributed by atoms with Crippen LogP contribution in [0.5, 0.6) is 5.75 Å². The summed E-state index contributed by atoms with van der Waals surface area (Å²) in [6, 6.07) is 20.6. The molecule has 3 rings (SSSR count). The average molecular weight is 417 g/mol. The predicted molar refractivity (Wildman–Crippen MR) is 124 cm³/mol. The second kappa shape index (κ2) is 10.1. The number of aryl methyl sites for hydroxylation is 2. The highest BCUT2D eigenvalue weighted by molar-refractivity contribution is 5.86. The SMILES string of the molecule is C=C(C)C(=O)OCCOc1cc(-c2ccc(-c3ccc(C)cc3)cc2C)ccc1CO. The number of aliphatic hydroxyl groups excluding tert-OH is 1. The van der Waals surface area contributed by atoms with Crippen molar-refractivity contribution in [1.82, 2.24) is 0 Å². The van der Waals surface area contributed by atoms with Crippen LogP contribution < -0.4 is 4.74 Å². The Morgan fingerprint density at radius 1 is 0.903 bits per heavy atom. The number of carbonyl (C=O) groups is 1. The molecule has 0 aliphatic heterocycles. The lowest BCUT2D eigenvalue weighted by atomic mass is 9.94. The molecule has 0 amide bonds. The lowest BCUT2D eigenvalue weighted by Gasteiger charge is -2.14. The van der Waals surface area contributed by atoms with E-state index in [1.807, 2.05) is 18.2 Å². The van der Waals surface area contributed by atoms with E-state index in [-0.39, 0.29) is 19.8 Å². The third kappa shape index (κ3) is 5.62. The van der Waals surface area contributed by atoms with E-state index in [0.29, 0.717) is 16.9 Å². The number of hydrogen-bond acceptors (Lipinski definition) is 4. The van der Waals surface area contributed by atoms with Crippen LogP contribution in [0.15, 0.2) is 72.8 Å². The van der Waals surface area contributed by atoms with Crippen LogP contribution in [0.1, 0.15) is 23.6 Å². The first-order chi connectivity index (χ1) is 14.9. The summed E-state index contributed by atoms with van der Waals surface area (Å²) in [6.45, 7) is 9.50. The highest BCUT2D eigenvalue weighted by Gasteiger charge is 2.10. The minimum absolute atomic E-state index is 0.116. The first-order valence-corrected chi connectivity index (χ1v) is 10.3. The lowest BCUT2D eigenvalue weighted by molar-refractivity contribution is -0.139. The maximum atomic E-state index is 11.5. The van der Waals surface area contributed by atoms with Crippen molar-refractivity contribution in [1.29, 1.82) is 0 Å². The number of benzene rings is 3. The molecule has 0 atom stereocenters. The van der Waals surface area contributed by atoms with Gasteiger partial charge in [0.05, 0.1) is 6.61 Å². The normalized spacial score (nSPS) is 10.6. The van der Waals surface area contributed by atoms with E-state index < -0.39 is 5.97 Å². The third-order valence-corrected chi connectivity index (χ3v) is 5.08. The van der Waals surface area contributed by atoms with Gasteiger partial charge in [-0.15, -0.1) is 0 Å². The van der Waals surface area contributed by atoms with Gasteiger partial charge in [-0.25, -0.2) is 4.79 Å². The fourth-order valence-electron chi connectivity index (χ4n) is 3.31. The molecule has 0 aliphatic rings. The largest absolute Gasteiger partial charge is 0.490 e. The van der Waals surface area contributed by atoms with Crippen molar-refractivity contribution < 1.29 is 19.4 Å². The summed E-state index contributed by atoms with van der Waals surface area (Å²) in [6.07, 6.45) is 0. The molecule has 3 aromatic rings. The third-order valence-electron chi connectivity index (χ3n) is 5.08. The van der Waals surface area contributed by atoms with Crippen LogP contribution in [0.3, 0.4) is 0 Å². The maximum absolute atomic E-state index is 11.5. The van der Waals surface area contributed by atoms with E-state index in [0.717, 1.165) is 16.7 Å². The second-order valence-corrected chi connectivity index (χ2v) is 7.64. The van der Waals surface area contributed by atoms with Crippen LogP contribution in [-0.2, 0) is 16.1 Å². The summed E-state index contributed by atoms with van der Waals surface area (Å²) in [4.78, 5) is 11.5. The van der Waals surface area contributed by atoms with Crippen molar-refractivity contribution in [3.05, 3.63) is 89.5 Å². The highest BCUT2D eigenvalue weighted by Crippen LogP contribution is 2.32. The van der Waals surface area contributed by atoms with Crippen LogP contribution in [0, 0.1) is 13.8 Å². The first-order valence-electron chi connectivity index (χ1n) is 10.3. The molecule has 4 heteroatoms. The zero-order valence-corrected chi connectivity index (χ0v) is 18.3. The molecule has 0 bridgehead atoms. The van der Waals surface area contributed by atoms with E-state index in [1.54, 1.807) is 6.92 Å². The zero-order valence-electron chi connectivity index (χ0n) is 18.3. The van der Waals surface area contributed by atoms with Crippen molar-refractivity contribution >= 4 is 5.97 Å². The number of aliphatic hydroxyl groups is 1. The number of esters is 1. The molecule has 0 radical (unpaired) electrons. The Morgan fingerprint density at radius 3 is 2.23 bits per heavy atom. The quantitative estimate of drug-likeness (QED) is 0.294. The van der Waals surface area contributed by atoms with E-state index in [1.165, 1.54) is 16.7 Å². The van der Waals surface area contributed by atoms with Crippen LogP contribution in [0.2, 0.25) is 0 Å². The number of carbonyl (C=O) groups excluding carboxylic acids is 1. The van der Waals surface area contributed by atoms with Gasteiger partial charge in [-0.2, -0.15) is 0 Å². The van der Waals surface area contributed by atoms with Crippen LogP contribution in [0.25, 0.3) is 22.3 Å². The highest BCUT2D eigenvalue weighted by atomic mass is 16.6. The minimum atomic E-state index is -0.441. The van der Waals surface area contributed by atoms with Gasteiger partial charge in [0.1, 0.15) is 19.0 Å². The van der Waals surface area contributed by atoms with Crippen molar-refractivity contribution in [2.75, 3.05) is 13.2 Å². The average Bonchev–Trinajstić information content (AvgIpc) is 2.76. The summed E-state index contributed by atoms with van der Waals surface area (Å²) in [5.41, 5.74) is 7.87. The van der Waals surface area contributed by atoms with Gasteiger partial charge >= 0.3 is 5.97 Å². The number of ether oxygens (including phenoxy) is 2. The Morgan fingerprint density at radius 2 is 1.58 bits per heavy atom. The summed E-state index contributed by atoms with van der Waals surface area (Å²) in [5, 5.41) is 9.66. The molecule has 0 aliphatic carbocycles. The Bertz CT molecular complexity index is 1080. The number of rotatable bonds is 8. The molecule has 4 nitrogen and oxygen atoms in total. The summed E-state index contributed by atoms with van der Waals surface area (Å²) >= 11 is 0. The van der Waals surface area contributed by atoms with Gasteiger partial charge in [0.15, 0.2) is 0 Å². The van der Waals surface area contributed by atoms with Crippen molar-refractivity contribution in [2.24, 2.45) is 0 Å². The Kier molecular flexibility index (Phi) is 7.27. The van der Waals surface area contributed by atoms with E-state index in [2.05, 4.69) is 62.9 Å². The van der Waals surface area contributed by atoms with E-state index >= 15 is 0 Å². The standard InChI is InChI=1S/C27H28O4/c1-18(2)27(29)31-14-13-30-26-16-23(9-10-24(26)17-28)25-12-11-22(15-20(25)4)21-7-5-19(3)6-8-21/h5-12,15-16,28H,1,13-14,17H2,2-4H3. The Balaban J connectivity index is 1.79. The van der Waals surface area contributed by atoms with Gasteiger partial charge in [0.2, 0.25) is 0 Å². The van der Waals surface area contributed by atoms with Crippen molar-refractivity contribution in [2.45, 2.75) is 27.4 Å². The molecule has 0 spiro atoms. The van der Waals surface area contributed by atoms with E-state index in [9.17, 15) is 9.90 Å². The molecule has 0 aromatic heterocycles. The zero-order chi connectivity index (χ0) is 22.4. The van der Waals surface area contributed by atoms with Gasteiger partial charge < -0.3 is 14.6 Å². The van der Waals surface area contributed by atoms with Gasteiger partial charge in [0.25, 0.3) is 0 Å².